The summed E-state index contributed by atoms with van der Waals surface area (Å²) in [7, 11) is 0. The second kappa shape index (κ2) is 6.16. The maximum atomic E-state index is 11.5. The van der Waals surface area contributed by atoms with Crippen LogP contribution in [0.5, 0.6) is 5.75 Å². The molecule has 1 rings (SSSR count). The highest BCUT2D eigenvalue weighted by Gasteiger charge is 2.04. The van der Waals surface area contributed by atoms with E-state index in [-0.39, 0.29) is 11.9 Å². The van der Waals surface area contributed by atoms with E-state index in [0.717, 1.165) is 11.3 Å². The van der Waals surface area contributed by atoms with Crippen molar-refractivity contribution in [2.45, 2.75) is 33.2 Å². The number of amides is 1. The van der Waals surface area contributed by atoms with E-state index in [1.54, 1.807) is 0 Å². The zero-order valence-electron chi connectivity index (χ0n) is 10.1. The van der Waals surface area contributed by atoms with Crippen LogP contribution in [0.15, 0.2) is 24.3 Å². The van der Waals surface area contributed by atoms with E-state index in [1.807, 2.05) is 45.0 Å². The van der Waals surface area contributed by atoms with E-state index in [2.05, 4.69) is 5.32 Å². The summed E-state index contributed by atoms with van der Waals surface area (Å²) >= 11 is 0. The highest BCUT2D eigenvalue weighted by atomic mass is 16.5. The highest BCUT2D eigenvalue weighted by molar-refractivity contribution is 5.78. The van der Waals surface area contributed by atoms with E-state index in [4.69, 9.17) is 4.74 Å². The number of carbonyl (C=O) groups is 1. The lowest BCUT2D eigenvalue weighted by Gasteiger charge is -2.08. The van der Waals surface area contributed by atoms with Gasteiger partial charge in [0.1, 0.15) is 5.75 Å². The summed E-state index contributed by atoms with van der Waals surface area (Å²) < 4.78 is 5.33. The van der Waals surface area contributed by atoms with Gasteiger partial charge in [0, 0.05) is 6.04 Å². The van der Waals surface area contributed by atoms with E-state index >= 15 is 0 Å². The summed E-state index contributed by atoms with van der Waals surface area (Å²) in [4.78, 5) is 11.5. The molecule has 0 aliphatic rings. The van der Waals surface area contributed by atoms with Gasteiger partial charge in [-0.05, 0) is 38.5 Å². The Morgan fingerprint density at radius 1 is 1.31 bits per heavy atom. The van der Waals surface area contributed by atoms with Gasteiger partial charge in [-0.1, -0.05) is 12.1 Å². The van der Waals surface area contributed by atoms with Crippen LogP contribution in [0.2, 0.25) is 0 Å². The molecule has 1 amide bonds. The average Bonchev–Trinajstić information content (AvgIpc) is 2.20. The van der Waals surface area contributed by atoms with Crippen LogP contribution < -0.4 is 10.1 Å². The minimum Gasteiger partial charge on any atom is -0.494 e. The molecule has 0 aliphatic heterocycles. The van der Waals surface area contributed by atoms with Crippen molar-refractivity contribution in [3.63, 3.8) is 0 Å². The number of carbonyl (C=O) groups excluding carboxylic acids is 1. The van der Waals surface area contributed by atoms with Gasteiger partial charge >= 0.3 is 0 Å². The van der Waals surface area contributed by atoms with E-state index in [0.29, 0.717) is 13.0 Å². The van der Waals surface area contributed by atoms with Crippen LogP contribution in [0.1, 0.15) is 26.3 Å². The molecule has 0 radical (unpaired) electrons. The first kappa shape index (κ1) is 12.6. The van der Waals surface area contributed by atoms with Gasteiger partial charge in [0.25, 0.3) is 0 Å². The van der Waals surface area contributed by atoms with Gasteiger partial charge in [-0.15, -0.1) is 0 Å². The summed E-state index contributed by atoms with van der Waals surface area (Å²) in [5.41, 5.74) is 1.00. The summed E-state index contributed by atoms with van der Waals surface area (Å²) in [6, 6.07) is 7.81. The van der Waals surface area contributed by atoms with Gasteiger partial charge in [0.05, 0.1) is 13.0 Å². The Kier molecular flexibility index (Phi) is 4.83. The van der Waals surface area contributed by atoms with Crippen LogP contribution in [0, 0.1) is 0 Å². The molecule has 0 saturated heterocycles. The molecular formula is C13H19NO2. The lowest BCUT2D eigenvalue weighted by atomic mass is 10.1. The molecule has 3 nitrogen and oxygen atoms in total. The molecule has 0 aliphatic carbocycles. The first-order valence-electron chi connectivity index (χ1n) is 5.63. The van der Waals surface area contributed by atoms with Crippen molar-refractivity contribution in [2.75, 3.05) is 6.61 Å². The van der Waals surface area contributed by atoms with Gasteiger partial charge in [0.15, 0.2) is 0 Å². The topological polar surface area (TPSA) is 38.3 Å². The second-order valence-corrected chi connectivity index (χ2v) is 3.98. The number of benzene rings is 1. The zero-order chi connectivity index (χ0) is 12.0. The lowest BCUT2D eigenvalue weighted by molar-refractivity contribution is -0.120. The maximum absolute atomic E-state index is 11.5. The third-order valence-electron chi connectivity index (χ3n) is 2.05. The van der Waals surface area contributed by atoms with Crippen LogP contribution >= 0.6 is 0 Å². The van der Waals surface area contributed by atoms with Crippen molar-refractivity contribution in [2.24, 2.45) is 0 Å². The van der Waals surface area contributed by atoms with Gasteiger partial charge in [-0.25, -0.2) is 0 Å². The normalized spacial score (nSPS) is 10.2. The largest absolute Gasteiger partial charge is 0.494 e. The van der Waals surface area contributed by atoms with Crippen molar-refractivity contribution in [1.82, 2.24) is 5.32 Å². The van der Waals surface area contributed by atoms with Crippen LogP contribution in [0.3, 0.4) is 0 Å². The molecule has 0 aromatic heterocycles. The third kappa shape index (κ3) is 4.34. The highest BCUT2D eigenvalue weighted by Crippen LogP contribution is 2.12. The fourth-order valence-corrected chi connectivity index (χ4v) is 1.43. The molecular weight excluding hydrogens is 202 g/mol. The van der Waals surface area contributed by atoms with Crippen molar-refractivity contribution in [1.29, 1.82) is 0 Å². The Labute approximate surface area is 96.8 Å². The quantitative estimate of drug-likeness (QED) is 0.827. The Morgan fingerprint density at radius 3 is 2.44 bits per heavy atom. The van der Waals surface area contributed by atoms with Crippen molar-refractivity contribution >= 4 is 5.91 Å². The first-order chi connectivity index (χ1) is 7.61. The van der Waals surface area contributed by atoms with E-state index in [9.17, 15) is 4.79 Å². The number of ether oxygens (including phenoxy) is 1. The predicted octanol–water partition coefficient (Wildman–Crippen LogP) is 2.15. The summed E-state index contributed by atoms with van der Waals surface area (Å²) in [5.74, 6) is 0.898. The third-order valence-corrected chi connectivity index (χ3v) is 2.05. The molecule has 1 N–H and O–H groups in total. The van der Waals surface area contributed by atoms with Gasteiger partial charge < -0.3 is 10.1 Å². The van der Waals surface area contributed by atoms with Gasteiger partial charge in [0.2, 0.25) is 5.91 Å². The Bertz CT molecular complexity index is 330. The summed E-state index contributed by atoms with van der Waals surface area (Å²) in [6.07, 6.45) is 0.421. The fraction of sp³-hybridized carbons (Fsp3) is 0.462. The fourth-order valence-electron chi connectivity index (χ4n) is 1.43. The molecule has 0 fully saturated rings. The average molecular weight is 221 g/mol. The molecule has 88 valence electrons. The molecule has 0 atom stereocenters. The predicted molar refractivity (Wildman–Crippen MR) is 64.6 cm³/mol. The second-order valence-electron chi connectivity index (χ2n) is 3.98. The van der Waals surface area contributed by atoms with Gasteiger partial charge in [-0.2, -0.15) is 0 Å². The molecule has 1 aromatic rings. The number of hydrogen-bond donors (Lipinski definition) is 1. The molecule has 0 saturated carbocycles. The molecule has 16 heavy (non-hydrogen) atoms. The summed E-state index contributed by atoms with van der Waals surface area (Å²) in [5, 5.41) is 2.86. The Balaban J connectivity index is 2.51. The van der Waals surface area contributed by atoms with Crippen LogP contribution in [0.4, 0.5) is 0 Å². The number of rotatable bonds is 5. The van der Waals surface area contributed by atoms with Crippen molar-refractivity contribution in [3.05, 3.63) is 29.8 Å². The van der Waals surface area contributed by atoms with E-state index in [1.165, 1.54) is 0 Å². The first-order valence-corrected chi connectivity index (χ1v) is 5.63. The number of hydrogen-bond acceptors (Lipinski definition) is 2. The Hall–Kier alpha value is -1.51. The molecule has 0 spiro atoms. The zero-order valence-corrected chi connectivity index (χ0v) is 10.1. The Morgan fingerprint density at radius 2 is 1.94 bits per heavy atom. The van der Waals surface area contributed by atoms with Crippen LogP contribution in [0.25, 0.3) is 0 Å². The molecule has 0 heterocycles. The minimum absolute atomic E-state index is 0.0548. The minimum atomic E-state index is 0.0548. The molecule has 0 bridgehead atoms. The van der Waals surface area contributed by atoms with Gasteiger partial charge in [-0.3, -0.25) is 4.79 Å². The molecule has 0 unspecified atom stereocenters. The standard InChI is InChI=1S/C13H19NO2/c1-4-16-12-7-5-11(6-8-12)9-13(15)14-10(2)3/h5-8,10H,4,9H2,1-3H3,(H,14,15). The smallest absolute Gasteiger partial charge is 0.224 e. The SMILES string of the molecule is CCOc1ccc(CC(=O)NC(C)C)cc1. The summed E-state index contributed by atoms with van der Waals surface area (Å²) in [6.45, 7) is 6.52. The molecule has 3 heteroatoms. The maximum Gasteiger partial charge on any atom is 0.224 e. The molecule has 1 aromatic carbocycles. The lowest BCUT2D eigenvalue weighted by Crippen LogP contribution is -2.31. The van der Waals surface area contributed by atoms with Crippen molar-refractivity contribution in [3.8, 4) is 5.75 Å². The van der Waals surface area contributed by atoms with Crippen LogP contribution in [-0.4, -0.2) is 18.6 Å². The van der Waals surface area contributed by atoms with Crippen molar-refractivity contribution < 1.29 is 9.53 Å². The monoisotopic (exact) mass is 221 g/mol. The van der Waals surface area contributed by atoms with Crippen LogP contribution in [-0.2, 0) is 11.2 Å². The van der Waals surface area contributed by atoms with E-state index < -0.39 is 0 Å². The number of nitrogens with one attached hydrogen (secondary N) is 1.